The van der Waals surface area contributed by atoms with Gasteiger partial charge in [-0.3, -0.25) is 4.79 Å². The van der Waals surface area contributed by atoms with Gasteiger partial charge >= 0.3 is 0 Å². The molecule has 136 valence electrons. The van der Waals surface area contributed by atoms with Crippen molar-refractivity contribution in [1.82, 2.24) is 14.9 Å². The maximum Gasteiger partial charge on any atom is 0.227 e. The fraction of sp³-hybridized carbons (Fsp3) is 0.722. The molecule has 4 rings (SSSR count). The van der Waals surface area contributed by atoms with Gasteiger partial charge in [-0.05, 0) is 18.9 Å². The lowest BCUT2D eigenvalue weighted by Crippen LogP contribution is -2.50. The van der Waals surface area contributed by atoms with Gasteiger partial charge in [-0.2, -0.15) is 4.98 Å². The van der Waals surface area contributed by atoms with Crippen LogP contribution in [0.2, 0.25) is 0 Å². The van der Waals surface area contributed by atoms with Crippen molar-refractivity contribution in [2.75, 3.05) is 62.3 Å². The molecule has 2 saturated heterocycles. The lowest BCUT2D eigenvalue weighted by molar-refractivity contribution is -0.135. The molecule has 3 heterocycles. The molecular weight excluding hydrogens is 318 g/mol. The molecule has 1 aromatic heterocycles. The molecule has 0 atom stereocenters. The quantitative estimate of drug-likeness (QED) is 0.819. The van der Waals surface area contributed by atoms with Crippen LogP contribution in [0, 0.1) is 5.92 Å². The minimum atomic E-state index is 0.276. The summed E-state index contributed by atoms with van der Waals surface area (Å²) in [5.74, 6) is 2.39. The van der Waals surface area contributed by atoms with Crippen molar-refractivity contribution in [1.29, 1.82) is 0 Å². The zero-order chi connectivity index (χ0) is 17.1. The zero-order valence-corrected chi connectivity index (χ0v) is 14.8. The number of hydrogen-bond donors (Lipinski definition) is 0. The van der Waals surface area contributed by atoms with Crippen LogP contribution in [-0.2, 0) is 9.53 Å². The molecule has 0 unspecified atom stereocenters. The molecule has 7 heteroatoms. The highest BCUT2D eigenvalue weighted by atomic mass is 16.5. The Morgan fingerprint density at radius 3 is 2.44 bits per heavy atom. The molecule has 7 nitrogen and oxygen atoms in total. The fourth-order valence-corrected chi connectivity index (χ4v) is 4.02. The predicted molar refractivity (Wildman–Crippen MR) is 95.8 cm³/mol. The van der Waals surface area contributed by atoms with Crippen molar-refractivity contribution in [3.63, 3.8) is 0 Å². The van der Waals surface area contributed by atoms with E-state index in [1.807, 2.05) is 12.3 Å². The molecule has 1 aliphatic carbocycles. The molecule has 3 aliphatic rings. The summed E-state index contributed by atoms with van der Waals surface area (Å²) in [5.41, 5.74) is 0. The number of ether oxygens (including phenoxy) is 1. The number of amides is 1. The van der Waals surface area contributed by atoms with Crippen LogP contribution >= 0.6 is 0 Å². The van der Waals surface area contributed by atoms with Crippen LogP contribution in [0.3, 0.4) is 0 Å². The summed E-state index contributed by atoms with van der Waals surface area (Å²) in [6.45, 7) is 6.43. The highest BCUT2D eigenvalue weighted by Crippen LogP contribution is 2.27. The number of rotatable bonds is 3. The lowest BCUT2D eigenvalue weighted by atomic mass is 10.1. The summed E-state index contributed by atoms with van der Waals surface area (Å²) in [7, 11) is 0. The number of anilines is 2. The molecule has 0 radical (unpaired) electrons. The highest BCUT2D eigenvalue weighted by molar-refractivity contribution is 5.79. The summed E-state index contributed by atoms with van der Waals surface area (Å²) >= 11 is 0. The number of piperazine rings is 1. The van der Waals surface area contributed by atoms with Crippen LogP contribution in [0.1, 0.15) is 25.7 Å². The summed E-state index contributed by atoms with van der Waals surface area (Å²) in [6, 6.07) is 1.97. The first-order valence-corrected chi connectivity index (χ1v) is 9.51. The van der Waals surface area contributed by atoms with E-state index in [4.69, 9.17) is 9.72 Å². The maximum atomic E-state index is 12.6. The third-order valence-electron chi connectivity index (χ3n) is 5.54. The van der Waals surface area contributed by atoms with Gasteiger partial charge in [0, 0.05) is 51.4 Å². The Kier molecular flexibility index (Phi) is 5.01. The zero-order valence-electron chi connectivity index (χ0n) is 14.8. The lowest BCUT2D eigenvalue weighted by Gasteiger charge is -2.37. The Morgan fingerprint density at radius 2 is 1.72 bits per heavy atom. The summed E-state index contributed by atoms with van der Waals surface area (Å²) in [5, 5.41) is 0. The van der Waals surface area contributed by atoms with E-state index in [1.54, 1.807) is 0 Å². The minimum Gasteiger partial charge on any atom is -0.378 e. The molecule has 2 aliphatic heterocycles. The largest absolute Gasteiger partial charge is 0.378 e. The van der Waals surface area contributed by atoms with Crippen molar-refractivity contribution in [2.45, 2.75) is 25.7 Å². The van der Waals surface area contributed by atoms with Gasteiger partial charge in [-0.1, -0.05) is 12.8 Å². The Labute approximate surface area is 149 Å². The van der Waals surface area contributed by atoms with Crippen LogP contribution < -0.4 is 9.80 Å². The predicted octanol–water partition coefficient (Wildman–Crippen LogP) is 1.15. The monoisotopic (exact) mass is 345 g/mol. The molecular formula is C18H27N5O2. The first-order chi connectivity index (χ1) is 12.3. The normalized spacial score (nSPS) is 22.5. The van der Waals surface area contributed by atoms with E-state index in [1.165, 1.54) is 12.8 Å². The summed E-state index contributed by atoms with van der Waals surface area (Å²) < 4.78 is 5.40. The summed E-state index contributed by atoms with van der Waals surface area (Å²) in [4.78, 5) is 28.2. The second-order valence-electron chi connectivity index (χ2n) is 7.11. The van der Waals surface area contributed by atoms with E-state index in [-0.39, 0.29) is 5.92 Å². The Hall–Kier alpha value is -1.89. The molecule has 1 aromatic rings. The molecule has 0 N–H and O–H groups in total. The molecule has 0 bridgehead atoms. The molecule has 1 amide bonds. The third-order valence-corrected chi connectivity index (χ3v) is 5.54. The van der Waals surface area contributed by atoms with Crippen LogP contribution in [0.5, 0.6) is 0 Å². The first-order valence-electron chi connectivity index (χ1n) is 9.51. The number of carbonyl (C=O) groups excluding carboxylic acids is 1. The van der Waals surface area contributed by atoms with Gasteiger partial charge in [0.2, 0.25) is 11.9 Å². The van der Waals surface area contributed by atoms with E-state index >= 15 is 0 Å². The van der Waals surface area contributed by atoms with Gasteiger partial charge in [0.05, 0.1) is 13.2 Å². The average Bonchev–Trinajstić information content (AvgIpc) is 3.23. The Balaban J connectivity index is 1.36. The van der Waals surface area contributed by atoms with Gasteiger partial charge in [-0.15, -0.1) is 0 Å². The van der Waals surface area contributed by atoms with Crippen LogP contribution in [0.4, 0.5) is 11.8 Å². The Bertz CT molecular complexity index is 591. The SMILES string of the molecule is O=C(C1CCCC1)N1CCN(c2ccnc(N3CCOCC3)n2)CC1. The summed E-state index contributed by atoms with van der Waals surface area (Å²) in [6.07, 6.45) is 6.41. The topological polar surface area (TPSA) is 61.8 Å². The van der Waals surface area contributed by atoms with Crippen molar-refractivity contribution in [3.05, 3.63) is 12.3 Å². The maximum absolute atomic E-state index is 12.6. The van der Waals surface area contributed by atoms with E-state index in [2.05, 4.69) is 19.7 Å². The number of hydrogen-bond acceptors (Lipinski definition) is 6. The molecule has 1 saturated carbocycles. The second kappa shape index (κ2) is 7.56. The van der Waals surface area contributed by atoms with Gasteiger partial charge < -0.3 is 19.4 Å². The van der Waals surface area contributed by atoms with Crippen molar-refractivity contribution in [3.8, 4) is 0 Å². The first kappa shape index (κ1) is 16.6. The van der Waals surface area contributed by atoms with E-state index < -0.39 is 0 Å². The second-order valence-corrected chi connectivity index (χ2v) is 7.11. The molecule has 0 aromatic carbocycles. The van der Waals surface area contributed by atoms with E-state index in [9.17, 15) is 4.79 Å². The van der Waals surface area contributed by atoms with Gasteiger partial charge in [0.15, 0.2) is 0 Å². The molecule has 0 spiro atoms. The van der Waals surface area contributed by atoms with Crippen molar-refractivity contribution >= 4 is 17.7 Å². The molecule has 25 heavy (non-hydrogen) atoms. The van der Waals surface area contributed by atoms with Crippen molar-refractivity contribution < 1.29 is 9.53 Å². The van der Waals surface area contributed by atoms with Gasteiger partial charge in [0.1, 0.15) is 5.82 Å². The fourth-order valence-electron chi connectivity index (χ4n) is 4.02. The smallest absolute Gasteiger partial charge is 0.227 e. The third kappa shape index (κ3) is 3.71. The number of aromatic nitrogens is 2. The van der Waals surface area contributed by atoms with Gasteiger partial charge in [0.25, 0.3) is 0 Å². The van der Waals surface area contributed by atoms with Gasteiger partial charge in [-0.25, -0.2) is 4.98 Å². The number of morpholine rings is 1. The number of nitrogens with zero attached hydrogens (tertiary/aromatic N) is 5. The van der Waals surface area contributed by atoms with Crippen LogP contribution in [0.15, 0.2) is 12.3 Å². The van der Waals surface area contributed by atoms with Crippen LogP contribution in [-0.4, -0.2) is 73.3 Å². The van der Waals surface area contributed by atoms with Crippen molar-refractivity contribution in [2.24, 2.45) is 5.92 Å². The average molecular weight is 345 g/mol. The number of carbonyl (C=O) groups is 1. The standard InChI is InChI=1S/C18H27N5O2/c24-17(15-3-1-2-4-15)22-9-7-21(8-10-22)16-5-6-19-18(20-16)23-11-13-25-14-12-23/h5-6,15H,1-4,7-14H2. The van der Waals surface area contributed by atoms with E-state index in [0.29, 0.717) is 5.91 Å². The molecule has 3 fully saturated rings. The minimum absolute atomic E-state index is 0.276. The highest BCUT2D eigenvalue weighted by Gasteiger charge is 2.29. The van der Waals surface area contributed by atoms with Crippen LogP contribution in [0.25, 0.3) is 0 Å². The van der Waals surface area contributed by atoms with E-state index in [0.717, 1.165) is 77.1 Å². The Morgan fingerprint density at radius 1 is 1.00 bits per heavy atom.